The summed E-state index contributed by atoms with van der Waals surface area (Å²) >= 11 is 11.2. The number of hydrogen-bond donors (Lipinski definition) is 1. The summed E-state index contributed by atoms with van der Waals surface area (Å²) in [7, 11) is 0. The third-order valence-corrected chi connectivity index (χ3v) is 4.32. The molecule has 0 radical (unpaired) electrons. The van der Waals surface area contributed by atoms with Gasteiger partial charge in [0.1, 0.15) is 6.04 Å². The maximum Gasteiger partial charge on any atom is 0.322 e. The lowest BCUT2D eigenvalue weighted by Crippen LogP contribution is -2.32. The molecule has 2 N–H and O–H groups in total. The van der Waals surface area contributed by atoms with Crippen molar-refractivity contribution in [3.05, 3.63) is 33.3 Å². The zero-order chi connectivity index (χ0) is 14.3. The Bertz CT molecular complexity index is 431. The Morgan fingerprint density at radius 1 is 1.58 bits per heavy atom. The van der Waals surface area contributed by atoms with E-state index in [0.29, 0.717) is 13.0 Å². The van der Waals surface area contributed by atoms with Gasteiger partial charge in [-0.15, -0.1) is 0 Å². The first-order valence-electron chi connectivity index (χ1n) is 5.98. The second-order valence-corrected chi connectivity index (χ2v) is 6.36. The van der Waals surface area contributed by atoms with Crippen molar-refractivity contribution >= 4 is 45.3 Å². The minimum atomic E-state index is -0.534. The maximum atomic E-state index is 11.3. The van der Waals surface area contributed by atoms with Crippen molar-refractivity contribution in [3.63, 3.8) is 0 Å². The Morgan fingerprint density at radius 3 is 2.95 bits per heavy atom. The Kier molecular flexibility index (Phi) is 7.83. The van der Waals surface area contributed by atoms with Crippen LogP contribution in [0.1, 0.15) is 18.9 Å². The number of nitrogens with two attached hydrogens (primary N) is 1. The van der Waals surface area contributed by atoms with Crippen molar-refractivity contribution in [2.75, 3.05) is 12.4 Å². The van der Waals surface area contributed by atoms with Crippen molar-refractivity contribution in [3.8, 4) is 0 Å². The van der Waals surface area contributed by atoms with E-state index in [1.54, 1.807) is 18.7 Å². The molecule has 106 valence electrons. The largest absolute Gasteiger partial charge is 0.465 e. The molecule has 0 aliphatic heterocycles. The molecule has 19 heavy (non-hydrogen) atoms. The van der Waals surface area contributed by atoms with Crippen molar-refractivity contribution in [2.45, 2.75) is 25.1 Å². The van der Waals surface area contributed by atoms with Gasteiger partial charge >= 0.3 is 5.97 Å². The van der Waals surface area contributed by atoms with Crippen molar-refractivity contribution < 1.29 is 9.53 Å². The molecule has 0 saturated carbocycles. The fourth-order valence-corrected chi connectivity index (χ4v) is 3.25. The number of esters is 1. The first-order valence-corrected chi connectivity index (χ1v) is 8.31. The van der Waals surface area contributed by atoms with E-state index >= 15 is 0 Å². The lowest BCUT2D eigenvalue weighted by atomic mass is 10.2. The lowest BCUT2D eigenvalue weighted by Gasteiger charge is -2.10. The van der Waals surface area contributed by atoms with Crippen LogP contribution >= 0.6 is 39.3 Å². The molecule has 0 aliphatic rings. The lowest BCUT2D eigenvalue weighted by molar-refractivity contribution is -0.144. The van der Waals surface area contributed by atoms with Crippen LogP contribution in [0.4, 0.5) is 0 Å². The van der Waals surface area contributed by atoms with E-state index in [-0.39, 0.29) is 5.97 Å². The van der Waals surface area contributed by atoms with Gasteiger partial charge in [0.15, 0.2) is 0 Å². The van der Waals surface area contributed by atoms with E-state index < -0.39 is 6.04 Å². The molecule has 0 aliphatic carbocycles. The fourth-order valence-electron chi connectivity index (χ4n) is 1.40. The molecule has 1 aromatic rings. The van der Waals surface area contributed by atoms with Crippen LogP contribution in [0.25, 0.3) is 0 Å². The monoisotopic (exact) mass is 365 g/mol. The van der Waals surface area contributed by atoms with Crippen LogP contribution in [-0.2, 0) is 15.3 Å². The van der Waals surface area contributed by atoms with Crippen LogP contribution in [0, 0.1) is 0 Å². The summed E-state index contributed by atoms with van der Waals surface area (Å²) in [5, 5.41) is 0.747. The van der Waals surface area contributed by atoms with Crippen LogP contribution in [0.5, 0.6) is 0 Å². The van der Waals surface area contributed by atoms with Crippen LogP contribution in [0.3, 0.4) is 0 Å². The third-order valence-electron chi connectivity index (χ3n) is 2.44. The summed E-state index contributed by atoms with van der Waals surface area (Å²) in [5.74, 6) is 1.28. The van der Waals surface area contributed by atoms with E-state index in [2.05, 4.69) is 15.9 Å². The van der Waals surface area contributed by atoms with Crippen LogP contribution in [0.2, 0.25) is 5.02 Å². The second kappa shape index (κ2) is 8.84. The number of carbonyl (C=O) groups excluding carboxylic acids is 1. The highest BCUT2D eigenvalue weighted by atomic mass is 79.9. The molecule has 1 aromatic carbocycles. The summed E-state index contributed by atoms with van der Waals surface area (Å²) in [6.45, 7) is 2.14. The fraction of sp³-hybridized carbons (Fsp3) is 0.462. The molecule has 0 fully saturated rings. The molecule has 1 rings (SSSR count). The van der Waals surface area contributed by atoms with E-state index in [1.165, 1.54) is 0 Å². The molecular weight excluding hydrogens is 350 g/mol. The predicted octanol–water partition coefficient (Wildman–Crippen LogP) is 3.62. The molecule has 1 atom stereocenters. The summed E-state index contributed by atoms with van der Waals surface area (Å²) in [5.41, 5.74) is 6.80. The molecule has 0 saturated heterocycles. The average molecular weight is 367 g/mol. The van der Waals surface area contributed by atoms with Gasteiger partial charge in [-0.05, 0) is 36.8 Å². The number of thioether (sulfide) groups is 1. The standard InChI is InChI=1S/C13H17BrClNO2S/c1-2-18-13(17)12(16)5-6-19-8-9-3-4-10(14)7-11(9)15/h3-4,7,12H,2,5-6,8,16H2,1H3. The molecule has 0 bridgehead atoms. The van der Waals surface area contributed by atoms with Gasteiger partial charge in [-0.25, -0.2) is 0 Å². The Morgan fingerprint density at radius 2 is 2.32 bits per heavy atom. The SMILES string of the molecule is CCOC(=O)C(N)CCSCc1ccc(Br)cc1Cl. The summed E-state index contributed by atoms with van der Waals surface area (Å²) in [6, 6.07) is 5.30. The van der Waals surface area contributed by atoms with Gasteiger partial charge in [-0.1, -0.05) is 33.6 Å². The molecule has 1 unspecified atom stereocenters. The van der Waals surface area contributed by atoms with Gasteiger partial charge in [-0.3, -0.25) is 4.79 Å². The predicted molar refractivity (Wildman–Crippen MR) is 84.5 cm³/mol. The van der Waals surface area contributed by atoms with E-state index in [4.69, 9.17) is 22.1 Å². The molecule has 0 amide bonds. The minimum Gasteiger partial charge on any atom is -0.465 e. The van der Waals surface area contributed by atoms with E-state index in [9.17, 15) is 4.79 Å². The van der Waals surface area contributed by atoms with Gasteiger partial charge < -0.3 is 10.5 Å². The van der Waals surface area contributed by atoms with Gasteiger partial charge in [0.25, 0.3) is 0 Å². The zero-order valence-electron chi connectivity index (χ0n) is 10.7. The average Bonchev–Trinajstić information content (AvgIpc) is 2.36. The smallest absolute Gasteiger partial charge is 0.322 e. The normalized spacial score (nSPS) is 12.2. The molecule has 0 heterocycles. The second-order valence-electron chi connectivity index (χ2n) is 3.94. The highest BCUT2D eigenvalue weighted by Gasteiger charge is 2.13. The van der Waals surface area contributed by atoms with Gasteiger partial charge in [0.2, 0.25) is 0 Å². The van der Waals surface area contributed by atoms with Gasteiger partial charge in [-0.2, -0.15) is 11.8 Å². The van der Waals surface area contributed by atoms with Crippen molar-refractivity contribution in [1.82, 2.24) is 0 Å². The van der Waals surface area contributed by atoms with Gasteiger partial charge in [0.05, 0.1) is 6.61 Å². The number of carbonyl (C=O) groups is 1. The Hall–Kier alpha value is -0.230. The first kappa shape index (κ1) is 16.8. The summed E-state index contributed by atoms with van der Waals surface area (Å²) in [4.78, 5) is 11.3. The minimum absolute atomic E-state index is 0.329. The number of rotatable bonds is 7. The summed E-state index contributed by atoms with van der Waals surface area (Å²) in [6.07, 6.45) is 0.609. The number of halogens is 2. The van der Waals surface area contributed by atoms with Crippen molar-refractivity contribution in [1.29, 1.82) is 0 Å². The Balaban J connectivity index is 2.29. The van der Waals surface area contributed by atoms with Gasteiger partial charge in [0, 0.05) is 15.2 Å². The molecule has 3 nitrogen and oxygen atoms in total. The first-order chi connectivity index (χ1) is 9.04. The molecule has 0 aromatic heterocycles. The van der Waals surface area contributed by atoms with Crippen molar-refractivity contribution in [2.24, 2.45) is 5.73 Å². The third kappa shape index (κ3) is 6.17. The highest BCUT2D eigenvalue weighted by Crippen LogP contribution is 2.25. The Labute approximate surface area is 131 Å². The van der Waals surface area contributed by atoms with Crippen LogP contribution in [-0.4, -0.2) is 24.4 Å². The molecular formula is C13H17BrClNO2S. The topological polar surface area (TPSA) is 52.3 Å². The van der Waals surface area contributed by atoms with Crippen LogP contribution < -0.4 is 5.73 Å². The highest BCUT2D eigenvalue weighted by molar-refractivity contribution is 9.10. The number of hydrogen-bond acceptors (Lipinski definition) is 4. The molecule has 6 heteroatoms. The molecule has 0 spiro atoms. The van der Waals surface area contributed by atoms with E-state index in [0.717, 1.165) is 26.6 Å². The maximum absolute atomic E-state index is 11.3. The number of ether oxygens (including phenoxy) is 1. The number of benzene rings is 1. The van der Waals surface area contributed by atoms with E-state index in [1.807, 2.05) is 18.2 Å². The zero-order valence-corrected chi connectivity index (χ0v) is 13.9. The summed E-state index contributed by atoms with van der Waals surface area (Å²) < 4.78 is 5.82. The van der Waals surface area contributed by atoms with Crippen LogP contribution in [0.15, 0.2) is 22.7 Å². The quantitative estimate of drug-likeness (QED) is 0.591.